The molecule has 0 radical (unpaired) electrons. The Bertz CT molecular complexity index is 493. The molecule has 5 nitrogen and oxygen atoms in total. The predicted octanol–water partition coefficient (Wildman–Crippen LogP) is 0.0761. The van der Waals surface area contributed by atoms with Crippen molar-refractivity contribution in [1.82, 2.24) is 15.0 Å². The highest BCUT2D eigenvalue weighted by Gasteiger charge is 2.11. The van der Waals surface area contributed by atoms with E-state index in [4.69, 9.17) is 9.85 Å². The Hall–Kier alpha value is -1.30. The van der Waals surface area contributed by atoms with Gasteiger partial charge >= 0.3 is 5.65 Å². The van der Waals surface area contributed by atoms with Crippen LogP contribution in [0.5, 0.6) is 0 Å². The van der Waals surface area contributed by atoms with Gasteiger partial charge in [-0.1, -0.05) is 16.7 Å². The molecule has 0 fully saturated rings. The lowest BCUT2D eigenvalue weighted by Gasteiger charge is -1.91. The van der Waals surface area contributed by atoms with E-state index in [-0.39, 0.29) is 11.0 Å². The first-order chi connectivity index (χ1) is 6.96. The van der Waals surface area contributed by atoms with Gasteiger partial charge in [-0.05, 0) is 6.18 Å². The van der Waals surface area contributed by atoms with Gasteiger partial charge in [0.15, 0.2) is 12.1 Å². The number of hydrogen-bond donors (Lipinski definition) is 2. The number of nitrogens with zero attached hydrogens (tertiary/aromatic N) is 2. The molecule has 2 rings (SSSR count). The number of aromatic amines is 2. The lowest BCUT2D eigenvalue weighted by atomic mass is 10.5. The molecule has 6 heteroatoms. The second kappa shape index (κ2) is 2.63. The summed E-state index contributed by atoms with van der Waals surface area (Å²) in [5.41, 5.74) is 6.69. The zero-order valence-corrected chi connectivity index (χ0v) is 6.77. The van der Waals surface area contributed by atoms with E-state index in [0.717, 1.165) is 0 Å². The van der Waals surface area contributed by atoms with Crippen molar-refractivity contribution in [2.24, 2.45) is 0 Å². The first kappa shape index (κ1) is 4.66. The Labute approximate surface area is 77.0 Å². The lowest BCUT2D eigenvalue weighted by molar-refractivity contribution is -0.347. The summed E-state index contributed by atoms with van der Waals surface area (Å²) >= 11 is 0.597. The van der Waals surface area contributed by atoms with Crippen LogP contribution in [0.2, 0.25) is 0 Å². The molecule has 2 aromatic rings. The van der Waals surface area contributed by atoms with Crippen molar-refractivity contribution in [1.29, 1.82) is 0 Å². The van der Waals surface area contributed by atoms with Gasteiger partial charge < -0.3 is 5.73 Å². The molecule has 0 amide bonds. The van der Waals surface area contributed by atoms with Crippen LogP contribution >= 0.6 is 11.8 Å². The van der Waals surface area contributed by atoms with Crippen molar-refractivity contribution in [3.8, 4) is 0 Å². The third-order valence-electron chi connectivity index (χ3n) is 1.43. The summed E-state index contributed by atoms with van der Waals surface area (Å²) in [6.45, 7) is 0. The van der Waals surface area contributed by atoms with Crippen molar-refractivity contribution in [2.45, 2.75) is 5.16 Å². The maximum atomic E-state index is 7.07. The average molecular weight is 186 g/mol. The van der Waals surface area contributed by atoms with Crippen LogP contribution < -0.4 is 10.7 Å². The summed E-state index contributed by atoms with van der Waals surface area (Å²) in [4.78, 5) is 13.5. The van der Waals surface area contributed by atoms with Gasteiger partial charge in [0.2, 0.25) is 5.52 Å². The van der Waals surface area contributed by atoms with Crippen LogP contribution in [-0.2, 0) is 0 Å². The van der Waals surface area contributed by atoms with Gasteiger partial charge in [-0.3, -0.25) is 4.98 Å². The number of rotatable bonds is 1. The van der Waals surface area contributed by atoms with Gasteiger partial charge in [0.05, 0.1) is 0 Å². The number of H-pyrrole nitrogens is 2. The molecule has 12 heavy (non-hydrogen) atoms. The highest BCUT2D eigenvalue weighted by atomic mass is 32.2. The number of aromatic nitrogens is 4. The molecule has 0 saturated carbocycles. The van der Waals surface area contributed by atoms with Gasteiger partial charge in [0.1, 0.15) is 0 Å². The number of nitrogen functional groups attached to an aromatic ring is 1. The van der Waals surface area contributed by atoms with E-state index in [2.05, 4.69) is 19.9 Å². The quantitative estimate of drug-likeness (QED) is 0.375. The molecule has 0 aliphatic carbocycles. The van der Waals surface area contributed by atoms with Crippen molar-refractivity contribution in [3.63, 3.8) is 0 Å². The highest BCUT2D eigenvalue weighted by Crippen LogP contribution is 2.15. The average Bonchev–Trinajstić information content (AvgIpc) is 2.48. The largest absolute Gasteiger partial charge is 0.380 e. The van der Waals surface area contributed by atoms with E-state index in [1.165, 1.54) is 0 Å². The number of nitrogens with one attached hydrogen (secondary N) is 2. The number of imidazole rings is 1. The molecule has 4 N–H and O–H groups in total. The minimum Gasteiger partial charge on any atom is -0.380 e. The number of hydrogen-bond acceptors (Lipinski definition) is 4. The molecule has 2 aromatic heterocycles. The Morgan fingerprint density at radius 3 is 3.50 bits per heavy atom. The van der Waals surface area contributed by atoms with Crippen molar-refractivity contribution >= 4 is 28.7 Å². The van der Waals surface area contributed by atoms with Crippen LogP contribution in [-0.4, -0.2) is 21.1 Å². The molecule has 0 bridgehead atoms. The Balaban J connectivity index is 2.45. The minimum atomic E-state index is -2.17. The fourth-order valence-corrected chi connectivity index (χ4v) is 1.21. The molecular formula is C6H8N5S+. The maximum absolute atomic E-state index is 7.07. The first-order valence-electron chi connectivity index (χ1n) is 4.67. The monoisotopic (exact) mass is 186 g/mol. The number of anilines is 1. The zero-order chi connectivity index (χ0) is 11.1. The van der Waals surface area contributed by atoms with Crippen LogP contribution in [0.25, 0.3) is 11.2 Å². The molecule has 0 unspecified atom stereocenters. The van der Waals surface area contributed by atoms with E-state index in [1.54, 1.807) is 6.33 Å². The normalized spacial score (nSPS) is 15.5. The number of nitrogens with two attached hydrogens (primary N) is 1. The van der Waals surface area contributed by atoms with E-state index in [1.807, 2.05) is 0 Å². The summed E-state index contributed by atoms with van der Waals surface area (Å²) in [5.74, 6) is 0.230. The lowest BCUT2D eigenvalue weighted by Crippen LogP contribution is -2.02. The SMILES string of the molecule is [2H][13C]([2H])([2H])Sc1nc(N)c2[nH]c[nH+]c2n1. The van der Waals surface area contributed by atoms with E-state index < -0.39 is 6.18 Å². The van der Waals surface area contributed by atoms with E-state index in [0.29, 0.717) is 22.9 Å². The third kappa shape index (κ3) is 1.00. The molecule has 0 spiro atoms. The van der Waals surface area contributed by atoms with Gasteiger partial charge in [0, 0.05) is 4.11 Å². The number of thioether (sulfide) groups is 1. The van der Waals surface area contributed by atoms with E-state index >= 15 is 0 Å². The second-order valence-corrected chi connectivity index (χ2v) is 2.72. The summed E-state index contributed by atoms with van der Waals surface area (Å²) in [6, 6.07) is 0. The molecule has 0 aliphatic heterocycles. The minimum absolute atomic E-state index is 0.135. The van der Waals surface area contributed by atoms with Crippen molar-refractivity contribution in [2.75, 3.05) is 11.9 Å². The Morgan fingerprint density at radius 1 is 1.75 bits per heavy atom. The molecule has 2 heterocycles. The van der Waals surface area contributed by atoms with Gasteiger partial charge in [-0.15, -0.1) is 0 Å². The Kier molecular flexibility index (Phi) is 1.02. The standard InChI is InChI=1S/C6H7N5S/c1-12-6-10-4(7)3-5(11-6)9-2-8-3/h2H,1H3,(H3,7,8,9,10,11)/p+1/i1+1D3. The second-order valence-electron chi connectivity index (χ2n) is 2.15. The van der Waals surface area contributed by atoms with Gasteiger partial charge in [0.25, 0.3) is 5.16 Å². The smallest absolute Gasteiger partial charge is 0.306 e. The predicted molar refractivity (Wildman–Crippen MR) is 46.6 cm³/mol. The van der Waals surface area contributed by atoms with Crippen LogP contribution in [0.1, 0.15) is 4.11 Å². The van der Waals surface area contributed by atoms with Gasteiger partial charge in [-0.25, -0.2) is 4.98 Å². The zero-order valence-electron chi connectivity index (χ0n) is 8.96. The van der Waals surface area contributed by atoms with Crippen molar-refractivity contribution < 1.29 is 9.10 Å². The Morgan fingerprint density at radius 2 is 2.67 bits per heavy atom. The third-order valence-corrected chi connectivity index (χ3v) is 1.80. The topological polar surface area (TPSA) is 81.7 Å². The first-order valence-corrected chi connectivity index (χ1v) is 3.99. The molecule has 0 aromatic carbocycles. The number of fused-ring (bicyclic) bond motifs is 1. The van der Waals surface area contributed by atoms with Crippen LogP contribution in [0.4, 0.5) is 5.82 Å². The summed E-state index contributed by atoms with van der Waals surface area (Å²) in [5, 5.41) is 0.135. The molecular weight excluding hydrogens is 175 g/mol. The fraction of sp³-hybridized carbons (Fsp3) is 0.167. The molecule has 0 atom stereocenters. The van der Waals surface area contributed by atoms with Crippen LogP contribution in [0.15, 0.2) is 11.5 Å². The van der Waals surface area contributed by atoms with E-state index in [9.17, 15) is 0 Å². The maximum Gasteiger partial charge on any atom is 0.306 e. The fourth-order valence-electron chi connectivity index (χ4n) is 0.926. The molecule has 62 valence electrons. The summed E-state index contributed by atoms with van der Waals surface area (Å²) in [6.07, 6.45) is -0.615. The molecule has 0 saturated heterocycles. The van der Waals surface area contributed by atoms with Crippen LogP contribution in [0.3, 0.4) is 0 Å². The highest BCUT2D eigenvalue weighted by molar-refractivity contribution is 7.98. The summed E-state index contributed by atoms with van der Waals surface area (Å²) < 4.78 is 21.2. The van der Waals surface area contributed by atoms with Gasteiger partial charge in [-0.2, -0.15) is 4.98 Å². The van der Waals surface area contributed by atoms with Crippen LogP contribution in [0, 0.1) is 0 Å². The molecule has 0 aliphatic rings. The van der Waals surface area contributed by atoms with Crippen molar-refractivity contribution in [3.05, 3.63) is 6.33 Å². The summed E-state index contributed by atoms with van der Waals surface area (Å²) in [7, 11) is 0.